The highest BCUT2D eigenvalue weighted by Gasteiger charge is 2.45. The lowest BCUT2D eigenvalue weighted by molar-refractivity contribution is -0.138. The molecular formula is C10H17NO4S. The minimum atomic E-state index is -2.83. The molecule has 1 heterocycles. The van der Waals surface area contributed by atoms with Gasteiger partial charge < -0.3 is 10.0 Å². The Morgan fingerprint density at radius 1 is 1.25 bits per heavy atom. The molecule has 0 aromatic carbocycles. The molecule has 6 heteroatoms. The van der Waals surface area contributed by atoms with E-state index in [4.69, 9.17) is 5.11 Å². The van der Waals surface area contributed by atoms with Crippen molar-refractivity contribution < 1.29 is 18.3 Å². The van der Waals surface area contributed by atoms with Crippen molar-refractivity contribution in [3.05, 3.63) is 0 Å². The fourth-order valence-corrected chi connectivity index (χ4v) is 3.55. The molecule has 92 valence electrons. The van der Waals surface area contributed by atoms with E-state index in [0.29, 0.717) is 13.1 Å². The first-order chi connectivity index (χ1) is 7.41. The van der Waals surface area contributed by atoms with Crippen molar-refractivity contribution in [2.75, 3.05) is 31.1 Å². The van der Waals surface area contributed by atoms with Crippen molar-refractivity contribution in [2.45, 2.75) is 19.3 Å². The second-order valence-electron chi connectivity index (χ2n) is 5.00. The fourth-order valence-electron chi connectivity index (χ4n) is 2.27. The first kappa shape index (κ1) is 11.9. The van der Waals surface area contributed by atoms with Gasteiger partial charge in [-0.1, -0.05) is 0 Å². The molecule has 0 atom stereocenters. The van der Waals surface area contributed by atoms with Crippen LogP contribution in [0.3, 0.4) is 0 Å². The van der Waals surface area contributed by atoms with Gasteiger partial charge in [-0.25, -0.2) is 8.42 Å². The van der Waals surface area contributed by atoms with Gasteiger partial charge in [0.2, 0.25) is 0 Å². The molecule has 0 amide bonds. The summed E-state index contributed by atoms with van der Waals surface area (Å²) >= 11 is 0. The highest BCUT2D eigenvalue weighted by molar-refractivity contribution is 7.91. The van der Waals surface area contributed by atoms with Crippen molar-refractivity contribution >= 4 is 15.8 Å². The first-order valence-corrected chi connectivity index (χ1v) is 7.38. The number of carboxylic acids is 1. The van der Waals surface area contributed by atoms with E-state index < -0.39 is 15.8 Å². The Balaban J connectivity index is 1.85. The molecule has 0 bridgehead atoms. The van der Waals surface area contributed by atoms with E-state index in [1.165, 1.54) is 0 Å². The topological polar surface area (TPSA) is 74.7 Å². The minimum absolute atomic E-state index is 0.0626. The Kier molecular flexibility index (Phi) is 2.96. The van der Waals surface area contributed by atoms with Crippen molar-refractivity contribution in [1.29, 1.82) is 0 Å². The van der Waals surface area contributed by atoms with Gasteiger partial charge in [0.1, 0.15) is 0 Å². The van der Waals surface area contributed by atoms with E-state index in [9.17, 15) is 13.2 Å². The maximum absolute atomic E-state index is 11.2. The number of carboxylic acid groups (broad SMARTS) is 1. The van der Waals surface area contributed by atoms with Gasteiger partial charge in [0, 0.05) is 19.6 Å². The number of aliphatic carboxylic acids is 1. The number of carbonyl (C=O) groups is 1. The maximum atomic E-state index is 11.2. The molecule has 0 aromatic heterocycles. The zero-order valence-corrected chi connectivity index (χ0v) is 10.0. The largest absolute Gasteiger partial charge is 0.481 e. The van der Waals surface area contributed by atoms with Gasteiger partial charge >= 0.3 is 5.97 Å². The Morgan fingerprint density at radius 3 is 2.25 bits per heavy atom. The van der Waals surface area contributed by atoms with Crippen molar-refractivity contribution in [1.82, 2.24) is 4.90 Å². The average Bonchev–Trinajstić information content (AvgIpc) is 2.88. The zero-order valence-electron chi connectivity index (χ0n) is 9.18. The SMILES string of the molecule is O=C(O)CC1(CN2CCS(=O)(=O)CC2)CC1. The lowest BCUT2D eigenvalue weighted by atomic mass is 10.0. The lowest BCUT2D eigenvalue weighted by Crippen LogP contribution is -2.43. The van der Waals surface area contributed by atoms with Crippen LogP contribution in [0.4, 0.5) is 0 Å². The van der Waals surface area contributed by atoms with Crippen molar-refractivity contribution in [3.8, 4) is 0 Å². The number of nitrogens with zero attached hydrogens (tertiary/aromatic N) is 1. The Hall–Kier alpha value is -0.620. The molecule has 0 spiro atoms. The molecule has 16 heavy (non-hydrogen) atoms. The van der Waals surface area contributed by atoms with Crippen LogP contribution < -0.4 is 0 Å². The third-order valence-corrected chi connectivity index (χ3v) is 5.09. The number of rotatable bonds is 4. The lowest BCUT2D eigenvalue weighted by Gasteiger charge is -2.29. The van der Waals surface area contributed by atoms with Crippen LogP contribution in [0.1, 0.15) is 19.3 Å². The summed E-state index contributed by atoms with van der Waals surface area (Å²) in [6.07, 6.45) is 2.14. The summed E-state index contributed by atoms with van der Waals surface area (Å²) in [5.41, 5.74) is -0.0626. The van der Waals surface area contributed by atoms with Crippen LogP contribution in [0.2, 0.25) is 0 Å². The van der Waals surface area contributed by atoms with E-state index in [1.807, 2.05) is 0 Å². The summed E-state index contributed by atoms with van der Waals surface area (Å²) in [6, 6.07) is 0. The second kappa shape index (κ2) is 4.00. The molecule has 0 aromatic rings. The molecule has 1 saturated heterocycles. The zero-order chi connectivity index (χ0) is 11.8. The van der Waals surface area contributed by atoms with Crippen LogP contribution in [0.15, 0.2) is 0 Å². The van der Waals surface area contributed by atoms with Gasteiger partial charge in [0.25, 0.3) is 0 Å². The maximum Gasteiger partial charge on any atom is 0.303 e. The van der Waals surface area contributed by atoms with Gasteiger partial charge in [0.05, 0.1) is 17.9 Å². The monoisotopic (exact) mass is 247 g/mol. The third kappa shape index (κ3) is 2.95. The van der Waals surface area contributed by atoms with Crippen LogP contribution >= 0.6 is 0 Å². The summed E-state index contributed by atoms with van der Waals surface area (Å²) in [5.74, 6) is -0.311. The molecule has 0 unspecified atom stereocenters. The van der Waals surface area contributed by atoms with Gasteiger partial charge in [-0.15, -0.1) is 0 Å². The molecule has 1 N–H and O–H groups in total. The van der Waals surface area contributed by atoms with Crippen LogP contribution in [-0.2, 0) is 14.6 Å². The highest BCUT2D eigenvalue weighted by Crippen LogP contribution is 2.49. The van der Waals surface area contributed by atoms with Gasteiger partial charge in [-0.05, 0) is 18.3 Å². The predicted octanol–water partition coefficient (Wildman–Crippen LogP) is -0.0283. The summed E-state index contributed by atoms with van der Waals surface area (Å²) in [6.45, 7) is 1.86. The first-order valence-electron chi connectivity index (χ1n) is 5.55. The van der Waals surface area contributed by atoms with Gasteiger partial charge in [-0.2, -0.15) is 0 Å². The molecule has 5 nitrogen and oxygen atoms in total. The van der Waals surface area contributed by atoms with Crippen molar-refractivity contribution in [3.63, 3.8) is 0 Å². The molecule has 0 radical (unpaired) electrons. The van der Waals surface area contributed by atoms with E-state index in [1.54, 1.807) is 0 Å². The predicted molar refractivity (Wildman–Crippen MR) is 59.0 cm³/mol. The highest BCUT2D eigenvalue weighted by atomic mass is 32.2. The summed E-state index contributed by atoms with van der Waals surface area (Å²) in [5, 5.41) is 8.79. The van der Waals surface area contributed by atoms with E-state index in [0.717, 1.165) is 19.4 Å². The summed E-state index contributed by atoms with van der Waals surface area (Å²) < 4.78 is 22.5. The van der Waals surface area contributed by atoms with Gasteiger partial charge in [-0.3, -0.25) is 4.79 Å². The molecule has 2 aliphatic rings. The number of sulfone groups is 1. The molecule has 1 aliphatic carbocycles. The molecule has 1 saturated carbocycles. The number of hydrogen-bond acceptors (Lipinski definition) is 4. The van der Waals surface area contributed by atoms with Crippen LogP contribution in [0, 0.1) is 5.41 Å². The minimum Gasteiger partial charge on any atom is -0.481 e. The van der Waals surface area contributed by atoms with E-state index >= 15 is 0 Å². The smallest absolute Gasteiger partial charge is 0.303 e. The number of hydrogen-bond donors (Lipinski definition) is 1. The summed E-state index contributed by atoms with van der Waals surface area (Å²) in [7, 11) is -2.83. The van der Waals surface area contributed by atoms with E-state index in [2.05, 4.69) is 4.90 Å². The third-order valence-electron chi connectivity index (χ3n) is 3.48. The molecule has 2 fully saturated rings. The molecular weight excluding hydrogens is 230 g/mol. The van der Waals surface area contributed by atoms with Crippen LogP contribution in [-0.4, -0.2) is 55.5 Å². The molecule has 1 aliphatic heterocycles. The van der Waals surface area contributed by atoms with Crippen LogP contribution in [0.25, 0.3) is 0 Å². The van der Waals surface area contributed by atoms with Crippen molar-refractivity contribution in [2.24, 2.45) is 5.41 Å². The average molecular weight is 247 g/mol. The van der Waals surface area contributed by atoms with Crippen LogP contribution in [0.5, 0.6) is 0 Å². The molecule has 2 rings (SSSR count). The second-order valence-corrected chi connectivity index (χ2v) is 7.30. The Bertz CT molecular complexity index is 372. The quantitative estimate of drug-likeness (QED) is 0.755. The fraction of sp³-hybridized carbons (Fsp3) is 0.900. The Labute approximate surface area is 95.4 Å². The summed E-state index contributed by atoms with van der Waals surface area (Å²) in [4.78, 5) is 12.8. The Morgan fingerprint density at radius 2 is 1.81 bits per heavy atom. The standard InChI is InChI=1S/C10H17NO4S/c12-9(13)7-10(1-2-10)8-11-3-5-16(14,15)6-4-11/h1-8H2,(H,12,13). The normalized spacial score (nSPS) is 27.5. The van der Waals surface area contributed by atoms with E-state index in [-0.39, 0.29) is 23.3 Å². The van der Waals surface area contributed by atoms with Gasteiger partial charge in [0.15, 0.2) is 9.84 Å².